The summed E-state index contributed by atoms with van der Waals surface area (Å²) in [5.41, 5.74) is 2.25. The maximum Gasteiger partial charge on any atom is 0.147 e. The van der Waals surface area contributed by atoms with Crippen molar-refractivity contribution in [3.63, 3.8) is 0 Å². The van der Waals surface area contributed by atoms with Gasteiger partial charge in [0, 0.05) is 11.4 Å². The summed E-state index contributed by atoms with van der Waals surface area (Å²) in [7, 11) is 1.68. The summed E-state index contributed by atoms with van der Waals surface area (Å²) in [6, 6.07) is 28.4. The van der Waals surface area contributed by atoms with Gasteiger partial charge < -0.3 is 9.47 Å². The average Bonchev–Trinajstić information content (AvgIpc) is 2.70. The van der Waals surface area contributed by atoms with Gasteiger partial charge in [0.2, 0.25) is 0 Å². The second-order valence-corrected chi connectivity index (χ2v) is 6.03. The third kappa shape index (κ3) is 3.41. The molecule has 0 saturated heterocycles. The van der Waals surface area contributed by atoms with E-state index in [-0.39, 0.29) is 0 Å². The first-order valence-electron chi connectivity index (χ1n) is 8.27. The zero-order valence-corrected chi connectivity index (χ0v) is 14.9. The van der Waals surface area contributed by atoms with Crippen LogP contribution in [-0.4, -0.2) is 19.6 Å². The van der Waals surface area contributed by atoms with Gasteiger partial charge in [-0.3, -0.25) is 0 Å². The van der Waals surface area contributed by atoms with E-state index in [4.69, 9.17) is 21.1 Å². The molecule has 0 fully saturated rings. The largest absolute Gasteiger partial charge is 0.496 e. The molecular weight excluding hydrogens is 332 g/mol. The molecule has 0 atom stereocenters. The third-order valence-corrected chi connectivity index (χ3v) is 4.40. The van der Waals surface area contributed by atoms with Crippen molar-refractivity contribution in [3.05, 3.63) is 102 Å². The van der Waals surface area contributed by atoms with Crippen molar-refractivity contribution < 1.29 is 9.47 Å². The Morgan fingerprint density at radius 2 is 1.28 bits per heavy atom. The summed E-state index contributed by atoms with van der Waals surface area (Å²) >= 11 is 5.99. The summed E-state index contributed by atoms with van der Waals surface area (Å²) in [6.45, 7) is 0.420. The molecule has 0 heterocycles. The Morgan fingerprint density at radius 3 is 1.80 bits per heavy atom. The van der Waals surface area contributed by atoms with Crippen molar-refractivity contribution in [3.8, 4) is 5.75 Å². The van der Waals surface area contributed by atoms with E-state index >= 15 is 0 Å². The Kier molecular flexibility index (Phi) is 5.75. The number of halogens is 1. The number of hydrogen-bond donors (Lipinski definition) is 0. The molecule has 0 aromatic heterocycles. The molecule has 0 bridgehead atoms. The number of methoxy groups -OCH3 is 1. The van der Waals surface area contributed by atoms with Gasteiger partial charge in [-0.15, -0.1) is 11.6 Å². The molecule has 0 N–H and O–H groups in total. The van der Waals surface area contributed by atoms with Gasteiger partial charge in [0.1, 0.15) is 11.4 Å². The van der Waals surface area contributed by atoms with Gasteiger partial charge in [0.25, 0.3) is 0 Å². The van der Waals surface area contributed by atoms with Crippen LogP contribution in [0.15, 0.2) is 84.9 Å². The molecule has 0 amide bonds. The fraction of sp³-hybridized carbons (Fsp3) is 0.182. The predicted octanol–water partition coefficient (Wildman–Crippen LogP) is 5.24. The standard InChI is InChI=1S/C22H21ClO2/c1-24-21-15-9-8-14-20(21)22(25-17-16-23,18-10-4-2-5-11-18)19-12-6-3-7-13-19/h2-15H,16-17H2,1H3. The van der Waals surface area contributed by atoms with E-state index in [0.29, 0.717) is 12.5 Å². The first kappa shape index (κ1) is 17.5. The number of alkyl halides is 1. The second-order valence-electron chi connectivity index (χ2n) is 5.65. The van der Waals surface area contributed by atoms with E-state index in [2.05, 4.69) is 24.3 Å². The molecule has 0 saturated carbocycles. The average molecular weight is 353 g/mol. The Hall–Kier alpha value is -2.29. The maximum atomic E-state index is 6.47. The van der Waals surface area contributed by atoms with E-state index in [1.807, 2.05) is 60.7 Å². The molecule has 2 nitrogen and oxygen atoms in total. The van der Waals surface area contributed by atoms with Crippen LogP contribution >= 0.6 is 11.6 Å². The van der Waals surface area contributed by atoms with Crippen LogP contribution in [0.2, 0.25) is 0 Å². The molecule has 0 radical (unpaired) electrons. The van der Waals surface area contributed by atoms with Gasteiger partial charge >= 0.3 is 0 Å². The molecule has 0 unspecified atom stereocenters. The molecule has 25 heavy (non-hydrogen) atoms. The van der Waals surface area contributed by atoms with Crippen LogP contribution in [0.25, 0.3) is 0 Å². The number of ether oxygens (including phenoxy) is 2. The van der Waals surface area contributed by atoms with Crippen LogP contribution in [0, 0.1) is 0 Å². The monoisotopic (exact) mass is 352 g/mol. The minimum Gasteiger partial charge on any atom is -0.496 e. The van der Waals surface area contributed by atoms with E-state index in [0.717, 1.165) is 22.4 Å². The highest BCUT2D eigenvalue weighted by molar-refractivity contribution is 6.17. The second kappa shape index (κ2) is 8.19. The van der Waals surface area contributed by atoms with E-state index < -0.39 is 5.60 Å². The third-order valence-electron chi connectivity index (χ3n) is 4.24. The SMILES string of the molecule is COc1ccccc1C(OCCCl)(c1ccccc1)c1ccccc1. The molecule has 3 aromatic rings. The predicted molar refractivity (Wildman–Crippen MR) is 102 cm³/mol. The van der Waals surface area contributed by atoms with Crippen molar-refractivity contribution in [2.45, 2.75) is 5.60 Å². The van der Waals surface area contributed by atoms with Crippen LogP contribution in [0.3, 0.4) is 0 Å². The van der Waals surface area contributed by atoms with Crippen LogP contribution in [0.5, 0.6) is 5.75 Å². The Labute approximate surface area is 154 Å². The zero-order valence-electron chi connectivity index (χ0n) is 14.2. The summed E-state index contributed by atoms with van der Waals surface area (Å²) in [5.74, 6) is 1.20. The number of para-hydroxylation sites is 1. The van der Waals surface area contributed by atoms with E-state index in [1.165, 1.54) is 0 Å². The van der Waals surface area contributed by atoms with Crippen LogP contribution < -0.4 is 4.74 Å². The molecule has 3 rings (SSSR count). The highest BCUT2D eigenvalue weighted by atomic mass is 35.5. The lowest BCUT2D eigenvalue weighted by atomic mass is 9.79. The molecule has 0 aliphatic rings. The summed E-state index contributed by atoms with van der Waals surface area (Å²) in [6.07, 6.45) is 0. The number of hydrogen-bond acceptors (Lipinski definition) is 2. The highest BCUT2D eigenvalue weighted by Gasteiger charge is 2.39. The quantitative estimate of drug-likeness (QED) is 0.427. The highest BCUT2D eigenvalue weighted by Crippen LogP contribution is 2.44. The molecule has 0 spiro atoms. The first-order chi connectivity index (χ1) is 12.3. The fourth-order valence-electron chi connectivity index (χ4n) is 3.19. The van der Waals surface area contributed by atoms with Gasteiger partial charge in [-0.2, -0.15) is 0 Å². The van der Waals surface area contributed by atoms with Crippen LogP contribution in [0.1, 0.15) is 16.7 Å². The Balaban J connectivity index is 2.32. The van der Waals surface area contributed by atoms with Gasteiger partial charge in [0.05, 0.1) is 13.7 Å². The summed E-state index contributed by atoms with van der Waals surface area (Å²) < 4.78 is 12.1. The van der Waals surface area contributed by atoms with Crippen molar-refractivity contribution in [1.29, 1.82) is 0 Å². The lowest BCUT2D eigenvalue weighted by molar-refractivity contribution is 0.0211. The Morgan fingerprint density at radius 1 is 0.760 bits per heavy atom. The van der Waals surface area contributed by atoms with Crippen LogP contribution in [0.4, 0.5) is 0 Å². The minimum atomic E-state index is -0.788. The molecule has 3 aromatic carbocycles. The van der Waals surface area contributed by atoms with Crippen molar-refractivity contribution in [2.24, 2.45) is 0 Å². The van der Waals surface area contributed by atoms with Crippen LogP contribution in [-0.2, 0) is 10.3 Å². The minimum absolute atomic E-state index is 0.413. The molecule has 128 valence electrons. The number of benzene rings is 3. The Bertz CT molecular complexity index is 748. The number of rotatable bonds is 7. The fourth-order valence-corrected chi connectivity index (χ4v) is 3.27. The summed E-state index contributed by atoms with van der Waals surface area (Å²) in [4.78, 5) is 0. The molecule has 3 heteroatoms. The first-order valence-corrected chi connectivity index (χ1v) is 8.81. The summed E-state index contributed by atoms with van der Waals surface area (Å²) in [5, 5.41) is 0. The van der Waals surface area contributed by atoms with Gasteiger partial charge in [-0.05, 0) is 17.2 Å². The topological polar surface area (TPSA) is 18.5 Å². The van der Waals surface area contributed by atoms with Crippen molar-refractivity contribution in [2.75, 3.05) is 19.6 Å². The lowest BCUT2D eigenvalue weighted by Gasteiger charge is -2.36. The smallest absolute Gasteiger partial charge is 0.147 e. The van der Waals surface area contributed by atoms with Gasteiger partial charge in [-0.25, -0.2) is 0 Å². The van der Waals surface area contributed by atoms with E-state index in [9.17, 15) is 0 Å². The molecule has 0 aliphatic carbocycles. The molecular formula is C22H21ClO2. The van der Waals surface area contributed by atoms with Crippen molar-refractivity contribution in [1.82, 2.24) is 0 Å². The normalized spacial score (nSPS) is 11.3. The van der Waals surface area contributed by atoms with Crippen molar-refractivity contribution >= 4 is 11.6 Å². The van der Waals surface area contributed by atoms with Gasteiger partial charge in [-0.1, -0.05) is 78.9 Å². The van der Waals surface area contributed by atoms with Gasteiger partial charge in [0.15, 0.2) is 0 Å². The lowest BCUT2D eigenvalue weighted by Crippen LogP contribution is -2.34. The maximum absolute atomic E-state index is 6.47. The molecule has 0 aliphatic heterocycles. The zero-order chi connectivity index (χ0) is 17.5. The van der Waals surface area contributed by atoms with E-state index in [1.54, 1.807) is 7.11 Å².